The van der Waals surface area contributed by atoms with Gasteiger partial charge in [0.25, 0.3) is 0 Å². The molecule has 20 heavy (non-hydrogen) atoms. The van der Waals surface area contributed by atoms with Crippen molar-refractivity contribution < 1.29 is 9.84 Å². The van der Waals surface area contributed by atoms with E-state index in [4.69, 9.17) is 27.9 Å². The number of hydrogen-bond donors (Lipinski definition) is 1. The minimum atomic E-state index is -0.683. The van der Waals surface area contributed by atoms with Crippen molar-refractivity contribution in [3.63, 3.8) is 0 Å². The third-order valence-corrected chi connectivity index (χ3v) is 3.84. The fourth-order valence-electron chi connectivity index (χ4n) is 2.00. The summed E-state index contributed by atoms with van der Waals surface area (Å²) in [6.07, 6.45) is -0.284. The number of methoxy groups -OCH3 is 1. The van der Waals surface area contributed by atoms with Crippen LogP contribution in [0.3, 0.4) is 0 Å². The molecule has 0 radical (unpaired) electrons. The summed E-state index contributed by atoms with van der Waals surface area (Å²) in [4.78, 5) is 0. The topological polar surface area (TPSA) is 29.5 Å². The Kier molecular flexibility index (Phi) is 5.33. The van der Waals surface area contributed by atoms with Crippen LogP contribution < -0.4 is 4.74 Å². The van der Waals surface area contributed by atoms with Crippen LogP contribution in [0.15, 0.2) is 40.9 Å². The number of benzene rings is 2. The molecular formula is C15H13BrCl2O2. The van der Waals surface area contributed by atoms with Gasteiger partial charge in [0.1, 0.15) is 5.75 Å². The third kappa shape index (κ3) is 3.89. The van der Waals surface area contributed by atoms with Crippen molar-refractivity contribution in [1.29, 1.82) is 0 Å². The summed E-state index contributed by atoms with van der Waals surface area (Å²) < 4.78 is 6.11. The summed E-state index contributed by atoms with van der Waals surface area (Å²) in [5, 5.41) is 11.5. The maximum absolute atomic E-state index is 10.4. The number of aliphatic hydroxyl groups is 1. The van der Waals surface area contributed by atoms with E-state index in [9.17, 15) is 5.11 Å². The lowest BCUT2D eigenvalue weighted by Crippen LogP contribution is -2.03. The summed E-state index contributed by atoms with van der Waals surface area (Å²) >= 11 is 15.3. The molecule has 0 aliphatic heterocycles. The van der Waals surface area contributed by atoms with Crippen LogP contribution in [0, 0.1) is 0 Å². The number of aliphatic hydroxyl groups excluding tert-OH is 1. The molecule has 0 aliphatic rings. The fourth-order valence-corrected chi connectivity index (χ4v) is 3.08. The predicted octanol–water partition coefficient (Wildman–Crippen LogP) is 5.04. The number of hydrogen-bond acceptors (Lipinski definition) is 2. The second-order valence-electron chi connectivity index (χ2n) is 4.38. The molecule has 1 N–H and O–H groups in total. The first-order chi connectivity index (χ1) is 9.49. The molecular weight excluding hydrogens is 363 g/mol. The Morgan fingerprint density at radius 2 is 1.90 bits per heavy atom. The zero-order valence-electron chi connectivity index (χ0n) is 10.7. The molecule has 0 saturated carbocycles. The van der Waals surface area contributed by atoms with Gasteiger partial charge in [-0.1, -0.05) is 39.1 Å². The van der Waals surface area contributed by atoms with Crippen LogP contribution in [0.1, 0.15) is 17.2 Å². The molecule has 2 rings (SSSR count). The molecule has 0 heterocycles. The van der Waals surface area contributed by atoms with Crippen LogP contribution in [0.2, 0.25) is 10.0 Å². The van der Waals surface area contributed by atoms with Gasteiger partial charge in [-0.3, -0.25) is 0 Å². The first kappa shape index (κ1) is 15.6. The molecule has 106 valence electrons. The molecule has 2 aromatic carbocycles. The largest absolute Gasteiger partial charge is 0.496 e. The van der Waals surface area contributed by atoms with Gasteiger partial charge in [-0.05, 0) is 47.5 Å². The summed E-state index contributed by atoms with van der Waals surface area (Å²) in [6, 6.07) is 10.7. The van der Waals surface area contributed by atoms with E-state index < -0.39 is 6.10 Å². The van der Waals surface area contributed by atoms with Crippen LogP contribution in [0.5, 0.6) is 5.75 Å². The van der Waals surface area contributed by atoms with E-state index in [0.717, 1.165) is 15.6 Å². The summed E-state index contributed by atoms with van der Waals surface area (Å²) in [5.74, 6) is 0.703. The minimum absolute atomic E-state index is 0.399. The average Bonchev–Trinajstić information content (AvgIpc) is 2.37. The normalized spacial score (nSPS) is 12.2. The predicted molar refractivity (Wildman–Crippen MR) is 85.8 cm³/mol. The fraction of sp³-hybridized carbons (Fsp3) is 0.200. The molecule has 5 heteroatoms. The van der Waals surface area contributed by atoms with Gasteiger partial charge in [0.15, 0.2) is 0 Å². The van der Waals surface area contributed by atoms with Crippen molar-refractivity contribution >= 4 is 39.1 Å². The summed E-state index contributed by atoms with van der Waals surface area (Å²) in [7, 11) is 1.59. The second kappa shape index (κ2) is 6.81. The highest BCUT2D eigenvalue weighted by molar-refractivity contribution is 9.10. The van der Waals surface area contributed by atoms with Gasteiger partial charge in [-0.2, -0.15) is 0 Å². The van der Waals surface area contributed by atoms with Crippen molar-refractivity contribution in [2.45, 2.75) is 12.5 Å². The lowest BCUT2D eigenvalue weighted by molar-refractivity contribution is 0.177. The quantitative estimate of drug-likeness (QED) is 0.810. The molecule has 1 atom stereocenters. The molecule has 0 aliphatic carbocycles. The Balaban J connectivity index is 2.27. The molecule has 0 saturated heterocycles. The SMILES string of the molecule is COc1ccc(Cl)cc1CC(O)c1cc(Cl)cc(Br)c1. The highest BCUT2D eigenvalue weighted by atomic mass is 79.9. The Morgan fingerprint density at radius 3 is 2.55 bits per heavy atom. The Morgan fingerprint density at radius 1 is 1.15 bits per heavy atom. The standard InChI is InChI=1S/C15H13BrCl2O2/c1-20-15-3-2-12(17)6-10(15)7-14(19)9-4-11(16)8-13(18)5-9/h2-6,8,14,19H,7H2,1H3. The van der Waals surface area contributed by atoms with Crippen LogP contribution >= 0.6 is 39.1 Å². The van der Waals surface area contributed by atoms with Gasteiger partial charge < -0.3 is 9.84 Å². The van der Waals surface area contributed by atoms with E-state index in [1.54, 1.807) is 37.4 Å². The van der Waals surface area contributed by atoms with Crippen LogP contribution in [-0.4, -0.2) is 12.2 Å². The van der Waals surface area contributed by atoms with Crippen molar-refractivity contribution in [2.75, 3.05) is 7.11 Å². The Bertz CT molecular complexity index is 597. The molecule has 2 aromatic rings. The zero-order chi connectivity index (χ0) is 14.7. The molecule has 1 unspecified atom stereocenters. The van der Waals surface area contributed by atoms with Gasteiger partial charge in [-0.25, -0.2) is 0 Å². The summed E-state index contributed by atoms with van der Waals surface area (Å²) in [5.41, 5.74) is 1.59. The molecule has 0 aromatic heterocycles. The van der Waals surface area contributed by atoms with Gasteiger partial charge in [0.05, 0.1) is 13.2 Å². The first-order valence-corrected chi connectivity index (χ1v) is 7.51. The van der Waals surface area contributed by atoms with Crippen molar-refractivity contribution in [3.8, 4) is 5.75 Å². The van der Waals surface area contributed by atoms with Gasteiger partial charge in [0.2, 0.25) is 0 Å². The Hall–Kier alpha value is -0.740. The van der Waals surface area contributed by atoms with Crippen molar-refractivity contribution in [2.24, 2.45) is 0 Å². The van der Waals surface area contributed by atoms with E-state index in [1.807, 2.05) is 6.07 Å². The minimum Gasteiger partial charge on any atom is -0.496 e. The van der Waals surface area contributed by atoms with E-state index >= 15 is 0 Å². The smallest absolute Gasteiger partial charge is 0.122 e. The van der Waals surface area contributed by atoms with Crippen LogP contribution in [0.25, 0.3) is 0 Å². The average molecular weight is 376 g/mol. The van der Waals surface area contributed by atoms with Crippen molar-refractivity contribution in [3.05, 3.63) is 62.0 Å². The maximum Gasteiger partial charge on any atom is 0.122 e. The third-order valence-electron chi connectivity index (χ3n) is 2.93. The molecule has 0 fully saturated rings. The lowest BCUT2D eigenvalue weighted by atomic mass is 10.0. The number of rotatable bonds is 4. The monoisotopic (exact) mass is 374 g/mol. The van der Waals surface area contributed by atoms with Crippen molar-refractivity contribution in [1.82, 2.24) is 0 Å². The van der Waals surface area contributed by atoms with Gasteiger partial charge in [0, 0.05) is 20.9 Å². The van der Waals surface area contributed by atoms with E-state index in [0.29, 0.717) is 22.2 Å². The van der Waals surface area contributed by atoms with Crippen LogP contribution in [-0.2, 0) is 6.42 Å². The van der Waals surface area contributed by atoms with Gasteiger partial charge >= 0.3 is 0 Å². The number of ether oxygens (including phenoxy) is 1. The zero-order valence-corrected chi connectivity index (χ0v) is 13.8. The maximum atomic E-state index is 10.4. The second-order valence-corrected chi connectivity index (χ2v) is 6.17. The molecule has 0 amide bonds. The lowest BCUT2D eigenvalue weighted by Gasteiger charge is -2.15. The summed E-state index contributed by atoms with van der Waals surface area (Å²) in [6.45, 7) is 0. The molecule has 0 bridgehead atoms. The van der Waals surface area contributed by atoms with E-state index in [1.165, 1.54) is 0 Å². The molecule has 0 spiro atoms. The van der Waals surface area contributed by atoms with Gasteiger partial charge in [-0.15, -0.1) is 0 Å². The Labute approximate surface area is 136 Å². The first-order valence-electron chi connectivity index (χ1n) is 5.96. The van der Waals surface area contributed by atoms with Crippen LogP contribution in [0.4, 0.5) is 0 Å². The van der Waals surface area contributed by atoms with E-state index in [-0.39, 0.29) is 0 Å². The molecule has 2 nitrogen and oxygen atoms in total. The highest BCUT2D eigenvalue weighted by Gasteiger charge is 2.13. The highest BCUT2D eigenvalue weighted by Crippen LogP contribution is 2.30. The number of halogens is 3. The van der Waals surface area contributed by atoms with E-state index in [2.05, 4.69) is 15.9 Å².